The number of carboxylic acid groups (broad SMARTS) is 1. The van der Waals surface area contributed by atoms with Crippen molar-refractivity contribution in [2.45, 2.75) is 32.4 Å². The number of amides is 1. The van der Waals surface area contributed by atoms with E-state index < -0.39 is 6.09 Å². The van der Waals surface area contributed by atoms with Crippen LogP contribution in [0.3, 0.4) is 0 Å². The van der Waals surface area contributed by atoms with Crippen LogP contribution in [0.1, 0.15) is 24.1 Å². The number of anilines is 1. The molecule has 0 bridgehead atoms. The number of aromatic nitrogens is 2. The van der Waals surface area contributed by atoms with Crippen LogP contribution in [0.2, 0.25) is 0 Å². The van der Waals surface area contributed by atoms with Gasteiger partial charge in [0.25, 0.3) is 0 Å². The number of β-amino-alcohol motifs (C(OH)–C–C–N with tert-alkyl or cyclic N) is 1. The summed E-state index contributed by atoms with van der Waals surface area (Å²) in [5.74, 6) is 1.60. The SMILES string of the molecule is COc1ccc(C)cc1.O=C(O)NCc1ccnc(N2CCC2)n1.OC1CCNC1. The quantitative estimate of drug-likeness (QED) is 0.594. The zero-order valence-electron chi connectivity index (χ0n) is 17.5. The molecule has 0 aliphatic carbocycles. The van der Waals surface area contributed by atoms with E-state index in [1.807, 2.05) is 24.3 Å². The number of methoxy groups -OCH3 is 1. The van der Waals surface area contributed by atoms with Gasteiger partial charge in [-0.1, -0.05) is 17.7 Å². The number of aliphatic hydroxyl groups is 1. The van der Waals surface area contributed by atoms with Gasteiger partial charge in [-0.3, -0.25) is 0 Å². The summed E-state index contributed by atoms with van der Waals surface area (Å²) in [6.45, 7) is 6.02. The van der Waals surface area contributed by atoms with Crippen LogP contribution < -0.4 is 20.3 Å². The van der Waals surface area contributed by atoms with E-state index in [0.29, 0.717) is 11.6 Å². The van der Waals surface area contributed by atoms with Crippen LogP contribution in [0.4, 0.5) is 10.7 Å². The Morgan fingerprint density at radius 2 is 2.03 bits per heavy atom. The zero-order valence-corrected chi connectivity index (χ0v) is 17.5. The van der Waals surface area contributed by atoms with Gasteiger partial charge in [-0.2, -0.15) is 0 Å². The number of nitrogens with zero attached hydrogens (tertiary/aromatic N) is 3. The number of ether oxygens (including phenoxy) is 1. The summed E-state index contributed by atoms with van der Waals surface area (Å²) >= 11 is 0. The molecule has 1 amide bonds. The van der Waals surface area contributed by atoms with Crippen molar-refractivity contribution in [2.75, 3.05) is 38.2 Å². The normalized spacial score (nSPS) is 16.9. The van der Waals surface area contributed by atoms with Gasteiger partial charge >= 0.3 is 6.09 Å². The number of benzene rings is 1. The van der Waals surface area contributed by atoms with E-state index in [1.165, 1.54) is 12.0 Å². The summed E-state index contributed by atoms with van der Waals surface area (Å²) in [6, 6.07) is 9.67. The Morgan fingerprint density at radius 3 is 2.50 bits per heavy atom. The average Bonchev–Trinajstić information content (AvgIpc) is 3.18. The molecule has 2 saturated heterocycles. The number of carbonyl (C=O) groups is 1. The summed E-state index contributed by atoms with van der Waals surface area (Å²) in [5.41, 5.74) is 1.95. The summed E-state index contributed by atoms with van der Waals surface area (Å²) in [5, 5.41) is 22.4. The monoisotopic (exact) mass is 417 g/mol. The van der Waals surface area contributed by atoms with Crippen LogP contribution >= 0.6 is 0 Å². The third-order valence-corrected chi connectivity index (χ3v) is 4.55. The first-order chi connectivity index (χ1) is 14.5. The van der Waals surface area contributed by atoms with Gasteiger partial charge in [0.1, 0.15) is 5.75 Å². The molecule has 1 atom stereocenters. The van der Waals surface area contributed by atoms with Crippen molar-refractivity contribution >= 4 is 12.0 Å². The van der Waals surface area contributed by atoms with Gasteiger partial charge in [0.15, 0.2) is 0 Å². The van der Waals surface area contributed by atoms with Gasteiger partial charge in [0.2, 0.25) is 5.95 Å². The molecule has 0 saturated carbocycles. The number of nitrogens with one attached hydrogen (secondary N) is 2. The second-order valence-electron chi connectivity index (χ2n) is 7.01. The summed E-state index contributed by atoms with van der Waals surface area (Å²) < 4.78 is 4.97. The van der Waals surface area contributed by atoms with Crippen molar-refractivity contribution in [2.24, 2.45) is 0 Å². The highest BCUT2D eigenvalue weighted by Gasteiger charge is 2.17. The van der Waals surface area contributed by atoms with Gasteiger partial charge in [-0.25, -0.2) is 14.8 Å². The zero-order chi connectivity index (χ0) is 21.8. The van der Waals surface area contributed by atoms with E-state index >= 15 is 0 Å². The van der Waals surface area contributed by atoms with E-state index in [0.717, 1.165) is 38.3 Å². The molecular formula is C21H31N5O4. The van der Waals surface area contributed by atoms with Crippen LogP contribution in [0.25, 0.3) is 0 Å². The van der Waals surface area contributed by atoms with Crippen molar-refractivity contribution < 1.29 is 19.7 Å². The smallest absolute Gasteiger partial charge is 0.404 e. The summed E-state index contributed by atoms with van der Waals surface area (Å²) in [7, 11) is 1.67. The minimum Gasteiger partial charge on any atom is -0.497 e. The molecule has 2 fully saturated rings. The lowest BCUT2D eigenvalue weighted by Crippen LogP contribution is -2.38. The van der Waals surface area contributed by atoms with Crippen molar-refractivity contribution in [3.05, 3.63) is 47.8 Å². The van der Waals surface area contributed by atoms with Crippen LogP contribution in [-0.2, 0) is 6.54 Å². The maximum absolute atomic E-state index is 10.3. The van der Waals surface area contributed by atoms with Gasteiger partial charge in [-0.05, 0) is 44.5 Å². The van der Waals surface area contributed by atoms with Crippen molar-refractivity contribution in [1.82, 2.24) is 20.6 Å². The Labute approximate surface area is 177 Å². The fourth-order valence-corrected chi connectivity index (χ4v) is 2.63. The Kier molecular flexibility index (Phi) is 9.82. The van der Waals surface area contributed by atoms with Crippen molar-refractivity contribution in [1.29, 1.82) is 0 Å². The standard InChI is InChI=1S/C9H12N4O2.C8H10O.C4H9NO/c14-9(15)11-6-7-2-3-10-8(12-7)13-4-1-5-13;1-7-3-5-8(9-2)6-4-7;6-4-1-2-5-3-4/h2-3,11H,1,4-6H2,(H,14,15);3-6H,1-2H3;4-6H,1-3H2. The minimum absolute atomic E-state index is 0.0648. The lowest BCUT2D eigenvalue weighted by Gasteiger charge is -2.30. The minimum atomic E-state index is -1.04. The highest BCUT2D eigenvalue weighted by atomic mass is 16.5. The molecule has 164 valence electrons. The van der Waals surface area contributed by atoms with E-state index in [2.05, 4.69) is 32.4 Å². The second kappa shape index (κ2) is 12.6. The molecule has 1 aromatic heterocycles. The molecule has 1 aromatic carbocycles. The first-order valence-corrected chi connectivity index (χ1v) is 10.0. The van der Waals surface area contributed by atoms with Gasteiger partial charge < -0.3 is 30.5 Å². The van der Waals surface area contributed by atoms with E-state index in [-0.39, 0.29) is 12.6 Å². The lowest BCUT2D eigenvalue weighted by molar-refractivity contribution is 0.193. The van der Waals surface area contributed by atoms with Crippen LogP contribution in [0.15, 0.2) is 36.5 Å². The Bertz CT molecular complexity index is 762. The molecule has 9 heteroatoms. The molecule has 2 aromatic rings. The van der Waals surface area contributed by atoms with E-state index in [1.54, 1.807) is 19.4 Å². The number of hydrogen-bond acceptors (Lipinski definition) is 7. The largest absolute Gasteiger partial charge is 0.497 e. The number of rotatable bonds is 4. The predicted molar refractivity (Wildman–Crippen MR) is 115 cm³/mol. The topological polar surface area (TPSA) is 120 Å². The molecule has 4 N–H and O–H groups in total. The first kappa shape index (κ1) is 23.4. The molecule has 2 aliphatic rings. The Balaban J connectivity index is 0.000000180. The summed E-state index contributed by atoms with van der Waals surface area (Å²) in [6.07, 6.45) is 2.64. The third-order valence-electron chi connectivity index (χ3n) is 4.55. The fourth-order valence-electron chi connectivity index (χ4n) is 2.63. The van der Waals surface area contributed by atoms with Gasteiger partial charge in [0, 0.05) is 25.8 Å². The number of aryl methyl sites for hydroxylation is 1. The highest BCUT2D eigenvalue weighted by Crippen LogP contribution is 2.14. The molecular weight excluding hydrogens is 386 g/mol. The van der Waals surface area contributed by atoms with Gasteiger partial charge in [-0.15, -0.1) is 0 Å². The second-order valence-corrected chi connectivity index (χ2v) is 7.01. The van der Waals surface area contributed by atoms with Gasteiger partial charge in [0.05, 0.1) is 25.5 Å². The molecule has 0 spiro atoms. The van der Waals surface area contributed by atoms with Crippen LogP contribution in [0.5, 0.6) is 5.75 Å². The first-order valence-electron chi connectivity index (χ1n) is 10.0. The third kappa shape index (κ3) is 8.62. The maximum atomic E-state index is 10.3. The number of hydrogen-bond donors (Lipinski definition) is 4. The van der Waals surface area contributed by atoms with Crippen molar-refractivity contribution in [3.8, 4) is 5.75 Å². The molecule has 1 unspecified atom stereocenters. The molecule has 0 radical (unpaired) electrons. The molecule has 3 heterocycles. The summed E-state index contributed by atoms with van der Waals surface area (Å²) in [4.78, 5) is 20.7. The highest BCUT2D eigenvalue weighted by molar-refractivity contribution is 5.64. The molecule has 30 heavy (non-hydrogen) atoms. The average molecular weight is 418 g/mol. The molecule has 2 aliphatic heterocycles. The lowest BCUT2D eigenvalue weighted by atomic mass is 10.2. The van der Waals surface area contributed by atoms with Crippen LogP contribution in [-0.4, -0.2) is 65.7 Å². The van der Waals surface area contributed by atoms with E-state index in [4.69, 9.17) is 14.9 Å². The van der Waals surface area contributed by atoms with Crippen molar-refractivity contribution in [3.63, 3.8) is 0 Å². The molecule has 4 rings (SSSR count). The van der Waals surface area contributed by atoms with Crippen LogP contribution in [0, 0.1) is 6.92 Å². The maximum Gasteiger partial charge on any atom is 0.404 e. The van der Waals surface area contributed by atoms with E-state index in [9.17, 15) is 4.79 Å². The molecule has 9 nitrogen and oxygen atoms in total. The Morgan fingerprint density at radius 1 is 1.30 bits per heavy atom. The number of aliphatic hydroxyl groups excluding tert-OH is 1. The predicted octanol–water partition coefficient (Wildman–Crippen LogP) is 1.80. The fraction of sp³-hybridized carbons (Fsp3) is 0.476. The Hall–Kier alpha value is -2.91.